The molecule has 1 aromatic carbocycles. The second kappa shape index (κ2) is 5.21. The Balaban J connectivity index is 2.13. The molecule has 2 aromatic rings. The molecule has 0 aliphatic carbocycles. The molecular weight excluding hydrogens is 271 g/mol. The Morgan fingerprint density at radius 3 is 2.50 bits per heavy atom. The molecule has 96 valence electrons. The molecule has 0 saturated carbocycles. The van der Waals surface area contributed by atoms with Crippen LogP contribution >= 0.6 is 23.2 Å². The van der Waals surface area contributed by atoms with Gasteiger partial charge in [-0.05, 0) is 38.5 Å². The number of rotatable bonds is 3. The fraction of sp³-hybridized carbons (Fsp3) is 0.308. The SMILES string of the molecule is Cc1cc(Cl)c(NCc2nc(C)c(C)o2)cc1Cl. The minimum Gasteiger partial charge on any atom is -0.444 e. The Hall–Kier alpha value is -1.19. The Bertz CT molecular complexity index is 559. The summed E-state index contributed by atoms with van der Waals surface area (Å²) in [5.74, 6) is 1.47. The van der Waals surface area contributed by atoms with E-state index in [-0.39, 0.29) is 0 Å². The summed E-state index contributed by atoms with van der Waals surface area (Å²) in [6.07, 6.45) is 0. The van der Waals surface area contributed by atoms with Gasteiger partial charge in [0, 0.05) is 5.02 Å². The largest absolute Gasteiger partial charge is 0.444 e. The second-order valence-corrected chi connectivity index (χ2v) is 5.00. The molecule has 0 unspecified atom stereocenters. The lowest BCUT2D eigenvalue weighted by molar-refractivity contribution is 0.478. The maximum absolute atomic E-state index is 6.13. The Morgan fingerprint density at radius 1 is 1.17 bits per heavy atom. The van der Waals surface area contributed by atoms with E-state index in [0.29, 0.717) is 22.5 Å². The van der Waals surface area contributed by atoms with Gasteiger partial charge in [-0.25, -0.2) is 4.98 Å². The minimum atomic E-state index is 0.480. The monoisotopic (exact) mass is 284 g/mol. The van der Waals surface area contributed by atoms with Crippen LogP contribution in [-0.4, -0.2) is 4.98 Å². The van der Waals surface area contributed by atoms with Crippen LogP contribution in [0.2, 0.25) is 10.0 Å². The lowest BCUT2D eigenvalue weighted by atomic mass is 10.2. The summed E-state index contributed by atoms with van der Waals surface area (Å²) >= 11 is 12.2. The Morgan fingerprint density at radius 2 is 1.89 bits per heavy atom. The number of nitrogens with one attached hydrogen (secondary N) is 1. The molecule has 18 heavy (non-hydrogen) atoms. The van der Waals surface area contributed by atoms with Crippen LogP contribution in [0.1, 0.15) is 22.9 Å². The molecule has 2 rings (SSSR count). The number of aromatic nitrogens is 1. The highest BCUT2D eigenvalue weighted by molar-refractivity contribution is 6.35. The van der Waals surface area contributed by atoms with Gasteiger partial charge in [0.05, 0.1) is 22.9 Å². The summed E-state index contributed by atoms with van der Waals surface area (Å²) in [4.78, 5) is 4.29. The van der Waals surface area contributed by atoms with E-state index in [1.54, 1.807) is 0 Å². The molecule has 3 nitrogen and oxygen atoms in total. The first kappa shape index (κ1) is 13.2. The van der Waals surface area contributed by atoms with Crippen LogP contribution in [0.15, 0.2) is 16.5 Å². The molecule has 0 atom stereocenters. The van der Waals surface area contributed by atoms with Crippen LogP contribution in [0.3, 0.4) is 0 Å². The maximum Gasteiger partial charge on any atom is 0.213 e. The summed E-state index contributed by atoms with van der Waals surface area (Å²) < 4.78 is 5.48. The molecule has 0 spiro atoms. The lowest BCUT2D eigenvalue weighted by Crippen LogP contribution is -2.00. The molecule has 0 aliphatic rings. The van der Waals surface area contributed by atoms with Gasteiger partial charge in [0.25, 0.3) is 0 Å². The van der Waals surface area contributed by atoms with E-state index in [4.69, 9.17) is 27.6 Å². The van der Waals surface area contributed by atoms with Crippen LogP contribution in [0.4, 0.5) is 5.69 Å². The van der Waals surface area contributed by atoms with Crippen molar-refractivity contribution in [2.75, 3.05) is 5.32 Å². The van der Waals surface area contributed by atoms with Crippen molar-refractivity contribution < 1.29 is 4.42 Å². The highest BCUT2D eigenvalue weighted by Gasteiger charge is 2.08. The van der Waals surface area contributed by atoms with Crippen molar-refractivity contribution in [3.8, 4) is 0 Å². The molecule has 1 heterocycles. The molecule has 1 aromatic heterocycles. The molecule has 5 heteroatoms. The topological polar surface area (TPSA) is 38.1 Å². The van der Waals surface area contributed by atoms with E-state index in [0.717, 1.165) is 22.7 Å². The predicted molar refractivity (Wildman–Crippen MR) is 74.5 cm³/mol. The van der Waals surface area contributed by atoms with Crippen molar-refractivity contribution in [1.29, 1.82) is 0 Å². The van der Waals surface area contributed by atoms with E-state index >= 15 is 0 Å². The fourth-order valence-electron chi connectivity index (χ4n) is 1.57. The Labute approximate surface area is 116 Å². The number of hydrogen-bond donors (Lipinski definition) is 1. The predicted octanol–water partition coefficient (Wildman–Crippen LogP) is 4.52. The third-order valence-corrected chi connectivity index (χ3v) is 3.47. The van der Waals surface area contributed by atoms with Gasteiger partial charge in [-0.15, -0.1) is 0 Å². The third kappa shape index (κ3) is 2.79. The zero-order valence-electron chi connectivity index (χ0n) is 10.5. The lowest BCUT2D eigenvalue weighted by Gasteiger charge is -2.08. The molecule has 0 bridgehead atoms. The summed E-state index contributed by atoms with van der Waals surface area (Å²) in [7, 11) is 0. The number of aryl methyl sites for hydroxylation is 3. The van der Waals surface area contributed by atoms with Gasteiger partial charge in [-0.3, -0.25) is 0 Å². The van der Waals surface area contributed by atoms with Crippen molar-refractivity contribution >= 4 is 28.9 Å². The van der Waals surface area contributed by atoms with Gasteiger partial charge < -0.3 is 9.73 Å². The smallest absolute Gasteiger partial charge is 0.213 e. The highest BCUT2D eigenvalue weighted by Crippen LogP contribution is 2.29. The number of benzene rings is 1. The normalized spacial score (nSPS) is 10.7. The van der Waals surface area contributed by atoms with E-state index < -0.39 is 0 Å². The minimum absolute atomic E-state index is 0.480. The summed E-state index contributed by atoms with van der Waals surface area (Å²) in [6, 6.07) is 3.64. The van der Waals surface area contributed by atoms with Crippen molar-refractivity contribution in [2.45, 2.75) is 27.3 Å². The summed E-state index contributed by atoms with van der Waals surface area (Å²) in [5, 5.41) is 4.48. The second-order valence-electron chi connectivity index (χ2n) is 4.18. The number of oxazole rings is 1. The van der Waals surface area contributed by atoms with E-state index in [2.05, 4.69) is 10.3 Å². The van der Waals surface area contributed by atoms with Crippen LogP contribution in [-0.2, 0) is 6.54 Å². The van der Waals surface area contributed by atoms with Crippen LogP contribution in [0.5, 0.6) is 0 Å². The molecular formula is C13H14Cl2N2O. The standard InChI is InChI=1S/C13H14Cl2N2O/c1-7-4-11(15)12(5-10(7)14)16-6-13-17-8(2)9(3)18-13/h4-5,16H,6H2,1-3H3. The van der Waals surface area contributed by atoms with Crippen LogP contribution in [0.25, 0.3) is 0 Å². The maximum atomic E-state index is 6.13. The first-order valence-corrected chi connectivity index (χ1v) is 6.35. The molecule has 1 N–H and O–H groups in total. The van der Waals surface area contributed by atoms with Gasteiger partial charge in [-0.1, -0.05) is 23.2 Å². The van der Waals surface area contributed by atoms with Crippen molar-refractivity contribution in [3.05, 3.63) is 45.1 Å². The molecule has 0 aliphatic heterocycles. The zero-order chi connectivity index (χ0) is 13.3. The van der Waals surface area contributed by atoms with E-state index in [1.807, 2.05) is 32.9 Å². The average molecular weight is 285 g/mol. The quantitative estimate of drug-likeness (QED) is 0.901. The molecule has 0 radical (unpaired) electrons. The third-order valence-electron chi connectivity index (χ3n) is 2.75. The van der Waals surface area contributed by atoms with Gasteiger partial charge >= 0.3 is 0 Å². The fourth-order valence-corrected chi connectivity index (χ4v) is 2.02. The number of nitrogens with zero attached hydrogens (tertiary/aromatic N) is 1. The van der Waals surface area contributed by atoms with Gasteiger partial charge in [0.2, 0.25) is 5.89 Å². The average Bonchev–Trinajstić information content (AvgIpc) is 2.62. The Kier molecular flexibility index (Phi) is 3.83. The highest BCUT2D eigenvalue weighted by atomic mass is 35.5. The van der Waals surface area contributed by atoms with Crippen LogP contribution in [0, 0.1) is 20.8 Å². The number of anilines is 1. The van der Waals surface area contributed by atoms with Crippen LogP contribution < -0.4 is 5.32 Å². The summed E-state index contributed by atoms with van der Waals surface area (Å²) in [6.45, 7) is 6.20. The first-order valence-electron chi connectivity index (χ1n) is 5.60. The summed E-state index contributed by atoms with van der Waals surface area (Å²) in [5.41, 5.74) is 2.63. The van der Waals surface area contributed by atoms with E-state index in [9.17, 15) is 0 Å². The van der Waals surface area contributed by atoms with Gasteiger partial charge in [0.1, 0.15) is 5.76 Å². The molecule has 0 amide bonds. The van der Waals surface area contributed by atoms with Gasteiger partial charge in [-0.2, -0.15) is 0 Å². The molecule has 0 fully saturated rings. The number of hydrogen-bond acceptors (Lipinski definition) is 3. The first-order chi connectivity index (χ1) is 8.47. The van der Waals surface area contributed by atoms with Crippen molar-refractivity contribution in [3.63, 3.8) is 0 Å². The van der Waals surface area contributed by atoms with Gasteiger partial charge in [0.15, 0.2) is 0 Å². The zero-order valence-corrected chi connectivity index (χ0v) is 12.0. The molecule has 0 saturated heterocycles. The van der Waals surface area contributed by atoms with Crippen molar-refractivity contribution in [2.24, 2.45) is 0 Å². The van der Waals surface area contributed by atoms with Crippen molar-refractivity contribution in [1.82, 2.24) is 4.98 Å². The van der Waals surface area contributed by atoms with E-state index in [1.165, 1.54) is 0 Å². The number of halogens is 2.